The molecule has 10 heteroatoms. The molecule has 0 unspecified atom stereocenters. The van der Waals surface area contributed by atoms with E-state index in [0.29, 0.717) is 10.8 Å². The van der Waals surface area contributed by atoms with E-state index in [-0.39, 0.29) is 28.8 Å². The van der Waals surface area contributed by atoms with Gasteiger partial charge in [0.25, 0.3) is 15.9 Å². The number of nitrogens with zero attached hydrogens (tertiary/aromatic N) is 2. The van der Waals surface area contributed by atoms with Crippen LogP contribution in [-0.4, -0.2) is 54.5 Å². The lowest BCUT2D eigenvalue weighted by atomic mass is 10.1. The minimum atomic E-state index is -4.14. The molecule has 0 radical (unpaired) electrons. The van der Waals surface area contributed by atoms with Crippen LogP contribution in [0.5, 0.6) is 0 Å². The van der Waals surface area contributed by atoms with Gasteiger partial charge in [-0.3, -0.25) is 14.4 Å². The first-order valence-electron chi connectivity index (χ1n) is 10.5. The molecule has 0 saturated heterocycles. The van der Waals surface area contributed by atoms with Crippen molar-refractivity contribution in [2.24, 2.45) is 5.92 Å². The molecule has 176 valence electrons. The number of fused-ring (bicyclic) bond motifs is 1. The monoisotopic (exact) mass is 535 g/mol. The zero-order valence-corrected chi connectivity index (χ0v) is 21.0. The summed E-state index contributed by atoms with van der Waals surface area (Å²) in [6, 6.07) is 12.2. The lowest BCUT2D eigenvalue weighted by molar-refractivity contribution is -0.140. The second kappa shape index (κ2) is 10.0. The zero-order chi connectivity index (χ0) is 24.3. The lowest BCUT2D eigenvalue weighted by Gasteiger charge is -2.30. The number of sulfonamides is 1. The Hall–Kier alpha value is -2.72. The van der Waals surface area contributed by atoms with Gasteiger partial charge in [-0.25, -0.2) is 12.7 Å². The molecule has 0 saturated carbocycles. The molecule has 1 atom stereocenters. The van der Waals surface area contributed by atoms with Gasteiger partial charge in [-0.05, 0) is 42.7 Å². The van der Waals surface area contributed by atoms with Crippen molar-refractivity contribution in [1.29, 1.82) is 0 Å². The van der Waals surface area contributed by atoms with Crippen LogP contribution in [-0.2, 0) is 26.2 Å². The van der Waals surface area contributed by atoms with Crippen molar-refractivity contribution < 1.29 is 22.8 Å². The highest BCUT2D eigenvalue weighted by molar-refractivity contribution is 9.10. The summed E-state index contributed by atoms with van der Waals surface area (Å²) in [5, 5.41) is 2.81. The predicted molar refractivity (Wildman–Crippen MR) is 127 cm³/mol. The minimum Gasteiger partial charge on any atom is -0.354 e. The molecule has 3 rings (SSSR count). The largest absolute Gasteiger partial charge is 0.354 e. The van der Waals surface area contributed by atoms with E-state index in [9.17, 15) is 22.8 Å². The smallest absolute Gasteiger partial charge is 0.269 e. The van der Waals surface area contributed by atoms with Crippen LogP contribution >= 0.6 is 15.9 Å². The van der Waals surface area contributed by atoms with E-state index in [0.717, 1.165) is 10.0 Å². The molecule has 0 bridgehead atoms. The third kappa shape index (κ3) is 5.44. The highest BCUT2D eigenvalue weighted by Gasteiger charge is 2.43. The molecular weight excluding hydrogens is 510 g/mol. The third-order valence-corrected chi connectivity index (χ3v) is 7.56. The number of rotatable bonds is 8. The first-order chi connectivity index (χ1) is 15.5. The van der Waals surface area contributed by atoms with Gasteiger partial charge in [-0.1, -0.05) is 54.0 Å². The first-order valence-corrected chi connectivity index (χ1v) is 12.7. The molecule has 2 aromatic carbocycles. The van der Waals surface area contributed by atoms with Crippen LogP contribution in [0.1, 0.15) is 36.7 Å². The van der Waals surface area contributed by atoms with Crippen LogP contribution in [0.25, 0.3) is 0 Å². The Kier molecular flexibility index (Phi) is 7.58. The molecule has 2 aromatic rings. The minimum absolute atomic E-state index is 0.0339. The highest BCUT2D eigenvalue weighted by atomic mass is 79.9. The highest BCUT2D eigenvalue weighted by Crippen LogP contribution is 2.30. The van der Waals surface area contributed by atoms with Crippen LogP contribution in [0, 0.1) is 5.92 Å². The summed E-state index contributed by atoms with van der Waals surface area (Å²) in [4.78, 5) is 40.0. The average Bonchev–Trinajstić information content (AvgIpc) is 2.96. The summed E-state index contributed by atoms with van der Waals surface area (Å²) in [6.45, 7) is 5.32. The Morgan fingerprint density at radius 3 is 2.42 bits per heavy atom. The van der Waals surface area contributed by atoms with Gasteiger partial charge in [0.2, 0.25) is 11.8 Å². The zero-order valence-electron chi connectivity index (χ0n) is 18.6. The number of amides is 3. The fourth-order valence-corrected chi connectivity index (χ4v) is 5.43. The topological polar surface area (TPSA) is 104 Å². The molecule has 1 N–H and O–H groups in total. The Bertz CT molecular complexity index is 1180. The molecular formula is C23H26BrN3O5S. The number of carbonyl (C=O) groups excluding carboxylic acids is 3. The van der Waals surface area contributed by atoms with E-state index < -0.39 is 34.4 Å². The standard InChI is InChI=1S/C23H26BrN3O5S/c1-15(2)12-25-22(29)16(3)26(13-17-7-6-8-18(24)11-17)21(28)14-27-23(30)19-9-4-5-10-20(19)33(27,31)32/h4-11,15-16H,12-14H2,1-3H3,(H,25,29)/t16-/m0/s1. The van der Waals surface area contributed by atoms with E-state index in [1.165, 1.54) is 23.1 Å². The Morgan fingerprint density at radius 1 is 1.09 bits per heavy atom. The summed E-state index contributed by atoms with van der Waals surface area (Å²) in [5.41, 5.74) is 0.784. The SMILES string of the molecule is CC(C)CNC(=O)[C@H](C)N(Cc1cccc(Br)c1)C(=O)CN1C(=O)c2ccccc2S1(=O)=O. The van der Waals surface area contributed by atoms with Gasteiger partial charge in [0.1, 0.15) is 17.5 Å². The number of carbonyl (C=O) groups is 3. The maximum absolute atomic E-state index is 13.3. The number of benzene rings is 2. The summed E-state index contributed by atoms with van der Waals surface area (Å²) in [7, 11) is -4.14. The van der Waals surface area contributed by atoms with Crippen molar-refractivity contribution in [3.05, 3.63) is 64.1 Å². The quantitative estimate of drug-likeness (QED) is 0.559. The van der Waals surface area contributed by atoms with Gasteiger partial charge < -0.3 is 10.2 Å². The van der Waals surface area contributed by atoms with Gasteiger partial charge >= 0.3 is 0 Å². The van der Waals surface area contributed by atoms with Gasteiger partial charge in [-0.2, -0.15) is 0 Å². The second-order valence-electron chi connectivity index (χ2n) is 8.28. The van der Waals surface area contributed by atoms with Crippen molar-refractivity contribution in [3.63, 3.8) is 0 Å². The van der Waals surface area contributed by atoms with E-state index in [1.807, 2.05) is 26.0 Å². The van der Waals surface area contributed by atoms with E-state index in [1.54, 1.807) is 25.1 Å². The molecule has 1 aliphatic heterocycles. The molecule has 33 heavy (non-hydrogen) atoms. The van der Waals surface area contributed by atoms with Crippen LogP contribution in [0.4, 0.5) is 0 Å². The maximum atomic E-state index is 13.3. The van der Waals surface area contributed by atoms with Crippen LogP contribution in [0.3, 0.4) is 0 Å². The van der Waals surface area contributed by atoms with Crippen LogP contribution in [0.2, 0.25) is 0 Å². The summed E-state index contributed by atoms with van der Waals surface area (Å²) in [5.74, 6) is -1.53. The number of hydrogen-bond acceptors (Lipinski definition) is 5. The van der Waals surface area contributed by atoms with Crippen LogP contribution in [0.15, 0.2) is 57.9 Å². The molecule has 1 aliphatic rings. The fourth-order valence-electron chi connectivity index (χ4n) is 3.47. The first kappa shape index (κ1) is 24.9. The van der Waals surface area contributed by atoms with E-state index in [4.69, 9.17) is 0 Å². The Morgan fingerprint density at radius 2 is 1.79 bits per heavy atom. The van der Waals surface area contributed by atoms with Gasteiger partial charge in [-0.15, -0.1) is 0 Å². The van der Waals surface area contributed by atoms with Crippen molar-refractivity contribution in [1.82, 2.24) is 14.5 Å². The second-order valence-corrected chi connectivity index (χ2v) is 11.0. The summed E-state index contributed by atoms with van der Waals surface area (Å²) in [6.07, 6.45) is 0. The molecule has 0 aliphatic carbocycles. The van der Waals surface area contributed by atoms with E-state index in [2.05, 4.69) is 21.2 Å². The Labute approximate surface area is 202 Å². The fraction of sp³-hybridized carbons (Fsp3) is 0.348. The van der Waals surface area contributed by atoms with Gasteiger partial charge in [0, 0.05) is 17.6 Å². The van der Waals surface area contributed by atoms with Gasteiger partial charge in [0.15, 0.2) is 0 Å². The van der Waals surface area contributed by atoms with E-state index >= 15 is 0 Å². The van der Waals surface area contributed by atoms with Crippen LogP contribution < -0.4 is 5.32 Å². The third-order valence-electron chi connectivity index (χ3n) is 5.28. The number of nitrogens with one attached hydrogen (secondary N) is 1. The van der Waals surface area contributed by atoms with Crippen molar-refractivity contribution in [3.8, 4) is 0 Å². The molecule has 0 spiro atoms. The van der Waals surface area contributed by atoms with Crippen molar-refractivity contribution >= 4 is 43.7 Å². The normalized spacial score (nSPS) is 15.3. The number of hydrogen-bond donors (Lipinski definition) is 1. The predicted octanol–water partition coefficient (Wildman–Crippen LogP) is 2.78. The molecule has 3 amide bonds. The summed E-state index contributed by atoms with van der Waals surface area (Å²) < 4.78 is 27.2. The molecule has 0 aromatic heterocycles. The molecule has 0 fully saturated rings. The molecule has 1 heterocycles. The van der Waals surface area contributed by atoms with Crippen molar-refractivity contribution in [2.75, 3.05) is 13.1 Å². The number of halogens is 1. The van der Waals surface area contributed by atoms with Gasteiger partial charge in [0.05, 0.1) is 5.56 Å². The lowest BCUT2D eigenvalue weighted by Crippen LogP contribution is -2.51. The Balaban J connectivity index is 1.87. The molecule has 8 nitrogen and oxygen atoms in total. The average molecular weight is 536 g/mol. The maximum Gasteiger partial charge on any atom is 0.269 e. The van der Waals surface area contributed by atoms with Crippen molar-refractivity contribution in [2.45, 2.75) is 38.3 Å². The summed E-state index contributed by atoms with van der Waals surface area (Å²) >= 11 is 3.39.